The molecule has 1 saturated heterocycles. The van der Waals surface area contributed by atoms with Crippen molar-refractivity contribution in [1.82, 2.24) is 8.61 Å². The van der Waals surface area contributed by atoms with Crippen molar-refractivity contribution in [3.63, 3.8) is 0 Å². The minimum atomic E-state index is -3.34. The fourth-order valence-electron chi connectivity index (χ4n) is 3.44. The Morgan fingerprint density at radius 1 is 1.10 bits per heavy atom. The molecule has 20 heavy (non-hydrogen) atoms. The zero-order valence-electron chi connectivity index (χ0n) is 12.4. The molecule has 0 N–H and O–H groups in total. The number of piperidine rings is 1. The molecule has 0 aromatic carbocycles. The van der Waals surface area contributed by atoms with Crippen molar-refractivity contribution in [2.24, 2.45) is 5.92 Å². The molecule has 2 aliphatic rings. The van der Waals surface area contributed by atoms with Crippen LogP contribution < -0.4 is 0 Å². The molecule has 4 nitrogen and oxygen atoms in total. The summed E-state index contributed by atoms with van der Waals surface area (Å²) in [5.74, 6) is 0.930. The molecule has 1 aliphatic carbocycles. The van der Waals surface area contributed by atoms with Crippen molar-refractivity contribution in [1.29, 1.82) is 0 Å². The summed E-state index contributed by atoms with van der Waals surface area (Å²) in [7, 11) is -1.61. The topological polar surface area (TPSA) is 40.6 Å². The van der Waals surface area contributed by atoms with Crippen molar-refractivity contribution in [2.45, 2.75) is 57.4 Å². The highest BCUT2D eigenvalue weighted by Crippen LogP contribution is 2.27. The molecule has 2 rings (SSSR count). The molecular formula is C14H27ClN2O2S. The highest BCUT2D eigenvalue weighted by atomic mass is 35.5. The minimum Gasteiger partial charge on any atom is -0.195 e. The van der Waals surface area contributed by atoms with Crippen LogP contribution in [0.25, 0.3) is 0 Å². The fourth-order valence-corrected chi connectivity index (χ4v) is 5.52. The molecule has 2 fully saturated rings. The molecule has 0 radical (unpaired) electrons. The van der Waals surface area contributed by atoms with Gasteiger partial charge in [0.15, 0.2) is 0 Å². The fraction of sp³-hybridized carbons (Fsp3) is 1.00. The zero-order chi connectivity index (χ0) is 14.6. The molecule has 1 saturated carbocycles. The lowest BCUT2D eigenvalue weighted by atomic mass is 9.89. The third-order valence-electron chi connectivity index (χ3n) is 4.68. The van der Waals surface area contributed by atoms with E-state index in [1.807, 2.05) is 0 Å². The summed E-state index contributed by atoms with van der Waals surface area (Å²) < 4.78 is 28.6. The number of nitrogens with zero attached hydrogens (tertiary/aromatic N) is 2. The summed E-state index contributed by atoms with van der Waals surface area (Å²) in [6.45, 7) is 1.28. The van der Waals surface area contributed by atoms with Gasteiger partial charge in [-0.1, -0.05) is 25.7 Å². The second-order valence-corrected chi connectivity index (χ2v) is 8.50. The van der Waals surface area contributed by atoms with Crippen LogP contribution in [-0.2, 0) is 10.2 Å². The Balaban J connectivity index is 1.99. The smallest absolute Gasteiger partial charge is 0.195 e. The number of hydrogen-bond acceptors (Lipinski definition) is 2. The Morgan fingerprint density at radius 2 is 1.75 bits per heavy atom. The molecule has 1 aliphatic heterocycles. The Morgan fingerprint density at radius 3 is 2.40 bits per heavy atom. The van der Waals surface area contributed by atoms with Crippen LogP contribution in [0, 0.1) is 5.92 Å². The maximum atomic E-state index is 12.7. The van der Waals surface area contributed by atoms with Gasteiger partial charge in [-0.3, -0.25) is 0 Å². The molecule has 0 amide bonds. The number of rotatable bonds is 5. The molecule has 1 heterocycles. The molecular weight excluding hydrogens is 296 g/mol. The van der Waals surface area contributed by atoms with Crippen LogP contribution in [0.4, 0.5) is 0 Å². The summed E-state index contributed by atoms with van der Waals surface area (Å²) in [5, 5.41) is 0. The number of alkyl halides is 1. The van der Waals surface area contributed by atoms with Crippen molar-refractivity contribution in [3.8, 4) is 0 Å². The lowest BCUT2D eigenvalue weighted by Crippen LogP contribution is -2.51. The Kier molecular flexibility index (Phi) is 6.14. The first-order valence-electron chi connectivity index (χ1n) is 7.84. The minimum absolute atomic E-state index is 0.0239. The molecule has 0 spiro atoms. The van der Waals surface area contributed by atoms with E-state index in [9.17, 15) is 8.42 Å². The van der Waals surface area contributed by atoms with Gasteiger partial charge in [-0.25, -0.2) is 0 Å². The Hall–Kier alpha value is 0.160. The lowest BCUT2D eigenvalue weighted by Gasteiger charge is -2.37. The first-order chi connectivity index (χ1) is 9.55. The normalized spacial score (nSPS) is 27.1. The van der Waals surface area contributed by atoms with Crippen LogP contribution in [-0.4, -0.2) is 49.1 Å². The van der Waals surface area contributed by atoms with Gasteiger partial charge in [0, 0.05) is 32.1 Å². The average molecular weight is 323 g/mol. The van der Waals surface area contributed by atoms with Crippen molar-refractivity contribution in [3.05, 3.63) is 0 Å². The molecule has 118 valence electrons. The number of hydrogen-bond donors (Lipinski definition) is 0. The Bertz CT molecular complexity index is 396. The van der Waals surface area contributed by atoms with Crippen LogP contribution in [0.2, 0.25) is 0 Å². The predicted molar refractivity (Wildman–Crippen MR) is 83.2 cm³/mol. The summed E-state index contributed by atoms with van der Waals surface area (Å²) in [6.07, 6.45) is 9.03. The Labute approximate surface area is 128 Å². The predicted octanol–water partition coefficient (Wildman–Crippen LogP) is 2.84. The maximum absolute atomic E-state index is 12.7. The second kappa shape index (κ2) is 7.43. The van der Waals surface area contributed by atoms with Gasteiger partial charge >= 0.3 is 0 Å². The highest BCUT2D eigenvalue weighted by molar-refractivity contribution is 7.86. The highest BCUT2D eigenvalue weighted by Gasteiger charge is 2.35. The molecule has 0 aromatic heterocycles. The van der Waals surface area contributed by atoms with Crippen LogP contribution in [0.1, 0.15) is 51.4 Å². The quantitative estimate of drug-likeness (QED) is 0.730. The van der Waals surface area contributed by atoms with Crippen LogP contribution in [0.5, 0.6) is 0 Å². The van der Waals surface area contributed by atoms with E-state index in [1.54, 1.807) is 15.7 Å². The first-order valence-corrected chi connectivity index (χ1v) is 9.78. The van der Waals surface area contributed by atoms with Gasteiger partial charge in [0.05, 0.1) is 0 Å². The van der Waals surface area contributed by atoms with Gasteiger partial charge in [-0.15, -0.1) is 11.6 Å². The summed E-state index contributed by atoms with van der Waals surface area (Å²) in [4.78, 5) is 0. The van der Waals surface area contributed by atoms with E-state index in [1.165, 1.54) is 32.1 Å². The summed E-state index contributed by atoms with van der Waals surface area (Å²) in [6, 6.07) is -0.0239. The van der Waals surface area contributed by atoms with E-state index in [4.69, 9.17) is 11.6 Å². The maximum Gasteiger partial charge on any atom is 0.282 e. The van der Waals surface area contributed by atoms with Gasteiger partial charge in [-0.05, 0) is 31.6 Å². The van der Waals surface area contributed by atoms with E-state index < -0.39 is 10.2 Å². The van der Waals surface area contributed by atoms with Crippen LogP contribution in [0.15, 0.2) is 0 Å². The van der Waals surface area contributed by atoms with Crippen molar-refractivity contribution in [2.75, 3.05) is 26.0 Å². The van der Waals surface area contributed by atoms with Gasteiger partial charge in [0.25, 0.3) is 10.2 Å². The summed E-state index contributed by atoms with van der Waals surface area (Å²) >= 11 is 5.95. The third kappa shape index (κ3) is 3.87. The van der Waals surface area contributed by atoms with Crippen molar-refractivity contribution < 1.29 is 8.42 Å². The molecule has 0 bridgehead atoms. The van der Waals surface area contributed by atoms with E-state index in [0.717, 1.165) is 19.3 Å². The van der Waals surface area contributed by atoms with Crippen LogP contribution in [0.3, 0.4) is 0 Å². The molecule has 1 unspecified atom stereocenters. The molecule has 6 heteroatoms. The molecule has 0 aromatic rings. The largest absolute Gasteiger partial charge is 0.282 e. The van der Waals surface area contributed by atoms with Gasteiger partial charge in [-0.2, -0.15) is 17.0 Å². The second-order valence-electron chi connectivity index (χ2n) is 6.21. The van der Waals surface area contributed by atoms with Crippen molar-refractivity contribution >= 4 is 21.8 Å². The van der Waals surface area contributed by atoms with Gasteiger partial charge in [0.2, 0.25) is 0 Å². The van der Waals surface area contributed by atoms with E-state index in [-0.39, 0.29) is 6.04 Å². The molecule has 1 atom stereocenters. The summed E-state index contributed by atoms with van der Waals surface area (Å²) in [5.41, 5.74) is 0. The third-order valence-corrected chi connectivity index (χ3v) is 7.05. The monoisotopic (exact) mass is 322 g/mol. The zero-order valence-corrected chi connectivity index (χ0v) is 14.0. The average Bonchev–Trinajstić information content (AvgIpc) is 2.48. The SMILES string of the molecule is CN(CC1CCCCC1)S(=O)(=O)N1CCCCC1CCl. The standard InChI is InChI=1S/C14H27ClN2O2S/c1-16(12-13-7-3-2-4-8-13)20(18,19)17-10-6-5-9-14(17)11-15/h13-14H,2-12H2,1H3. The van der Waals surface area contributed by atoms with Gasteiger partial charge < -0.3 is 0 Å². The van der Waals surface area contributed by atoms with E-state index in [0.29, 0.717) is 24.9 Å². The van der Waals surface area contributed by atoms with E-state index in [2.05, 4.69) is 0 Å². The van der Waals surface area contributed by atoms with Crippen LogP contribution >= 0.6 is 11.6 Å². The first kappa shape index (κ1) is 16.5. The van der Waals surface area contributed by atoms with Gasteiger partial charge in [0.1, 0.15) is 0 Å². The number of halogens is 1. The van der Waals surface area contributed by atoms with E-state index >= 15 is 0 Å². The lowest BCUT2D eigenvalue weighted by molar-refractivity contribution is 0.237.